The Bertz CT molecular complexity index is 2350. The average molecular weight is 614 g/mol. The summed E-state index contributed by atoms with van der Waals surface area (Å²) in [5.41, 5.74) is 13.1. The number of fused-ring (bicyclic) bond motifs is 7. The first-order chi connectivity index (χ1) is 22.3. The van der Waals surface area contributed by atoms with Gasteiger partial charge in [-0.1, -0.05) is 128 Å². The fraction of sp³-hybridized carbons (Fsp3) is 0.244. The van der Waals surface area contributed by atoms with Crippen molar-refractivity contribution in [2.75, 3.05) is 4.90 Å². The first-order valence-electron chi connectivity index (χ1n) is 16.9. The zero-order valence-electron chi connectivity index (χ0n) is 28.8. The van der Waals surface area contributed by atoms with Gasteiger partial charge in [-0.05, 0) is 80.4 Å². The molecule has 1 aliphatic carbocycles. The molecule has 0 saturated carbocycles. The maximum atomic E-state index is 6.85. The molecular formula is C45H43NO. The maximum absolute atomic E-state index is 6.85. The molecule has 1 aliphatic rings. The van der Waals surface area contributed by atoms with Crippen LogP contribution in [0.25, 0.3) is 43.8 Å². The van der Waals surface area contributed by atoms with Crippen molar-refractivity contribution >= 4 is 49.8 Å². The third-order valence-electron chi connectivity index (χ3n) is 10.3. The average Bonchev–Trinajstić information content (AvgIpc) is 3.51. The minimum atomic E-state index is -0.0941. The summed E-state index contributed by atoms with van der Waals surface area (Å²) in [4.78, 5) is 2.42. The summed E-state index contributed by atoms with van der Waals surface area (Å²) in [6, 6.07) is 42.6. The lowest BCUT2D eigenvalue weighted by Crippen LogP contribution is -2.16. The van der Waals surface area contributed by atoms with Gasteiger partial charge in [-0.25, -0.2) is 0 Å². The van der Waals surface area contributed by atoms with Crippen LogP contribution < -0.4 is 4.90 Å². The van der Waals surface area contributed by atoms with Crippen LogP contribution in [0.4, 0.5) is 17.1 Å². The van der Waals surface area contributed by atoms with E-state index in [0.29, 0.717) is 0 Å². The van der Waals surface area contributed by atoms with Crippen LogP contribution in [-0.4, -0.2) is 0 Å². The van der Waals surface area contributed by atoms with E-state index >= 15 is 0 Å². The monoisotopic (exact) mass is 613 g/mol. The molecule has 0 atom stereocenters. The second-order valence-electron chi connectivity index (χ2n) is 15.9. The lowest BCUT2D eigenvalue weighted by atomic mass is 9.79. The molecule has 1 heterocycles. The van der Waals surface area contributed by atoms with Crippen molar-refractivity contribution in [2.45, 2.75) is 71.6 Å². The summed E-state index contributed by atoms with van der Waals surface area (Å²) in [6.45, 7) is 18.4. The third-order valence-corrected chi connectivity index (χ3v) is 10.3. The first-order valence-corrected chi connectivity index (χ1v) is 16.9. The lowest BCUT2D eigenvalue weighted by Gasteiger charge is -2.29. The summed E-state index contributed by atoms with van der Waals surface area (Å²) < 4.78 is 6.85. The van der Waals surface area contributed by atoms with E-state index < -0.39 is 0 Å². The van der Waals surface area contributed by atoms with Crippen LogP contribution in [0.5, 0.6) is 0 Å². The topological polar surface area (TPSA) is 16.4 Å². The van der Waals surface area contributed by atoms with Crippen LogP contribution in [0.2, 0.25) is 0 Å². The van der Waals surface area contributed by atoms with Crippen LogP contribution in [0, 0.1) is 0 Å². The molecule has 0 N–H and O–H groups in total. The Morgan fingerprint density at radius 3 is 2.02 bits per heavy atom. The van der Waals surface area contributed by atoms with Crippen LogP contribution >= 0.6 is 0 Å². The SMILES string of the molecule is CC(C)(C)c1cc(C(C)(C)C)c2oc3cc(N(c4ccc5c(c4)C(C)(C)c4ccccc4-5)c4cccc5ccccc45)ccc3c2c1. The Morgan fingerprint density at radius 1 is 0.553 bits per heavy atom. The van der Waals surface area contributed by atoms with E-state index in [1.165, 1.54) is 49.5 Å². The first kappa shape index (κ1) is 29.6. The number of hydrogen-bond acceptors (Lipinski definition) is 2. The summed E-state index contributed by atoms with van der Waals surface area (Å²) in [6.07, 6.45) is 0. The fourth-order valence-corrected chi connectivity index (χ4v) is 7.66. The molecule has 234 valence electrons. The standard InChI is InChI=1S/C45H43NO/c1-43(2,3)29-24-36-35-23-21-31(27-41(35)47-42(36)39(25-29)44(4,5)6)46(40-19-13-15-28-14-9-10-16-32(28)40)30-20-22-34-33-17-11-12-18-37(33)45(7,8)38(34)26-30/h9-27H,1-8H3. The zero-order chi connectivity index (χ0) is 32.9. The number of furan rings is 1. The van der Waals surface area contributed by atoms with Crippen molar-refractivity contribution < 1.29 is 4.42 Å². The molecular weight excluding hydrogens is 571 g/mol. The molecule has 0 radical (unpaired) electrons. The van der Waals surface area contributed by atoms with Gasteiger partial charge in [-0.3, -0.25) is 0 Å². The van der Waals surface area contributed by atoms with Crippen molar-refractivity contribution in [1.29, 1.82) is 0 Å². The Morgan fingerprint density at radius 2 is 1.23 bits per heavy atom. The minimum Gasteiger partial charge on any atom is -0.456 e. The molecule has 0 unspecified atom stereocenters. The van der Waals surface area contributed by atoms with Crippen LogP contribution in [-0.2, 0) is 16.2 Å². The van der Waals surface area contributed by atoms with Gasteiger partial charge in [-0.15, -0.1) is 0 Å². The molecule has 0 spiro atoms. The van der Waals surface area contributed by atoms with Crippen molar-refractivity contribution in [1.82, 2.24) is 0 Å². The van der Waals surface area contributed by atoms with E-state index in [4.69, 9.17) is 4.42 Å². The largest absolute Gasteiger partial charge is 0.456 e. The zero-order valence-corrected chi connectivity index (χ0v) is 28.8. The van der Waals surface area contributed by atoms with E-state index in [2.05, 4.69) is 176 Å². The summed E-state index contributed by atoms with van der Waals surface area (Å²) in [5, 5.41) is 4.78. The van der Waals surface area contributed by atoms with Crippen molar-refractivity contribution in [3.63, 3.8) is 0 Å². The van der Waals surface area contributed by atoms with Gasteiger partial charge in [0.25, 0.3) is 0 Å². The van der Waals surface area contributed by atoms with Gasteiger partial charge in [-0.2, -0.15) is 0 Å². The van der Waals surface area contributed by atoms with Gasteiger partial charge in [0.2, 0.25) is 0 Å². The number of hydrogen-bond donors (Lipinski definition) is 0. The second kappa shape index (κ2) is 10.1. The normalized spacial score (nSPS) is 14.1. The van der Waals surface area contributed by atoms with Gasteiger partial charge >= 0.3 is 0 Å². The summed E-state index contributed by atoms with van der Waals surface area (Å²) in [7, 11) is 0. The summed E-state index contributed by atoms with van der Waals surface area (Å²) >= 11 is 0. The van der Waals surface area contributed by atoms with E-state index in [1.54, 1.807) is 0 Å². The number of nitrogens with zero attached hydrogens (tertiary/aromatic N) is 1. The molecule has 7 aromatic rings. The lowest BCUT2D eigenvalue weighted by molar-refractivity contribution is 0.559. The molecule has 0 fully saturated rings. The van der Waals surface area contributed by atoms with Gasteiger partial charge in [0.15, 0.2) is 0 Å². The highest BCUT2D eigenvalue weighted by atomic mass is 16.3. The molecule has 1 aromatic heterocycles. The second-order valence-corrected chi connectivity index (χ2v) is 15.9. The highest BCUT2D eigenvalue weighted by Gasteiger charge is 2.36. The molecule has 2 nitrogen and oxygen atoms in total. The van der Waals surface area contributed by atoms with Gasteiger partial charge in [0.1, 0.15) is 11.2 Å². The Labute approximate surface area is 278 Å². The number of anilines is 3. The molecule has 6 aromatic carbocycles. The highest BCUT2D eigenvalue weighted by Crippen LogP contribution is 2.51. The van der Waals surface area contributed by atoms with Crippen molar-refractivity contribution in [3.8, 4) is 11.1 Å². The molecule has 0 bridgehead atoms. The van der Waals surface area contributed by atoms with Crippen molar-refractivity contribution in [3.05, 3.63) is 138 Å². The third kappa shape index (κ3) is 4.60. The predicted octanol–water partition coefficient (Wildman–Crippen LogP) is 13.1. The quantitative estimate of drug-likeness (QED) is 0.197. The Balaban J connectivity index is 1.38. The molecule has 0 amide bonds. The van der Waals surface area contributed by atoms with Crippen molar-refractivity contribution in [2.24, 2.45) is 0 Å². The molecule has 47 heavy (non-hydrogen) atoms. The minimum absolute atomic E-state index is 0.0316. The number of benzene rings is 6. The van der Waals surface area contributed by atoms with E-state index in [-0.39, 0.29) is 16.2 Å². The van der Waals surface area contributed by atoms with Gasteiger partial charge < -0.3 is 9.32 Å². The molecule has 0 aliphatic heterocycles. The fourth-order valence-electron chi connectivity index (χ4n) is 7.66. The number of rotatable bonds is 3. The molecule has 0 saturated heterocycles. The van der Waals surface area contributed by atoms with Crippen LogP contribution in [0.1, 0.15) is 77.6 Å². The predicted molar refractivity (Wildman–Crippen MR) is 201 cm³/mol. The molecule has 2 heteroatoms. The highest BCUT2D eigenvalue weighted by molar-refractivity contribution is 6.08. The Kier molecular flexibility index (Phi) is 6.35. The van der Waals surface area contributed by atoms with E-state index in [9.17, 15) is 0 Å². The molecule has 8 rings (SSSR count). The summed E-state index contributed by atoms with van der Waals surface area (Å²) in [5.74, 6) is 0. The van der Waals surface area contributed by atoms with Crippen LogP contribution in [0.15, 0.2) is 120 Å². The maximum Gasteiger partial charge on any atom is 0.139 e. The van der Waals surface area contributed by atoms with E-state index in [1.807, 2.05) is 0 Å². The van der Waals surface area contributed by atoms with Gasteiger partial charge in [0.05, 0.1) is 5.69 Å². The van der Waals surface area contributed by atoms with E-state index in [0.717, 1.165) is 33.6 Å². The smallest absolute Gasteiger partial charge is 0.139 e. The van der Waals surface area contributed by atoms with Crippen LogP contribution in [0.3, 0.4) is 0 Å². The Hall–Kier alpha value is -4.82. The van der Waals surface area contributed by atoms with Gasteiger partial charge in [0, 0.05) is 44.6 Å².